The highest BCUT2D eigenvalue weighted by atomic mass is 32.2. The molecule has 1 heterocycles. The third kappa shape index (κ3) is 2.90. The van der Waals surface area contributed by atoms with E-state index in [1.54, 1.807) is 23.9 Å². The van der Waals surface area contributed by atoms with E-state index in [1.165, 1.54) is 0 Å². The summed E-state index contributed by atoms with van der Waals surface area (Å²) in [5, 5.41) is 9.10. The number of ether oxygens (including phenoxy) is 1. The largest absolute Gasteiger partial charge is 0.464 e. The predicted molar refractivity (Wildman–Crippen MR) is 67.2 cm³/mol. The molecule has 0 aliphatic carbocycles. The van der Waals surface area contributed by atoms with Crippen molar-refractivity contribution in [3.05, 3.63) is 34.9 Å². The van der Waals surface area contributed by atoms with Crippen molar-refractivity contribution in [2.75, 3.05) is 6.61 Å². The van der Waals surface area contributed by atoms with Gasteiger partial charge in [0, 0.05) is 16.6 Å². The Kier molecular flexibility index (Phi) is 4.00. The zero-order valence-corrected chi connectivity index (χ0v) is 10.4. The Balaban J connectivity index is 2.00. The molecular weight excluding hydrogens is 250 g/mol. The maximum absolute atomic E-state index is 10.9. The molecule has 92 valence electrons. The molecule has 0 bridgehead atoms. The summed E-state index contributed by atoms with van der Waals surface area (Å²) in [7, 11) is 0. The number of aldehydes is 1. The molecule has 2 rings (SSSR count). The Hall–Kier alpha value is -1.80. The van der Waals surface area contributed by atoms with Gasteiger partial charge in [-0.15, -0.1) is 11.8 Å². The van der Waals surface area contributed by atoms with E-state index < -0.39 is 0 Å². The first-order valence-electron chi connectivity index (χ1n) is 5.48. The summed E-state index contributed by atoms with van der Waals surface area (Å²) in [4.78, 5) is 21.6. The van der Waals surface area contributed by atoms with Gasteiger partial charge in [-0.1, -0.05) is 12.1 Å². The van der Waals surface area contributed by atoms with Gasteiger partial charge in [0.1, 0.15) is 6.61 Å². The van der Waals surface area contributed by atoms with Gasteiger partial charge in [0.25, 0.3) is 0 Å². The fourth-order valence-electron chi connectivity index (χ4n) is 1.70. The highest BCUT2D eigenvalue weighted by Crippen LogP contribution is 2.25. The molecule has 0 saturated carbocycles. The minimum Gasteiger partial charge on any atom is -0.464 e. The van der Waals surface area contributed by atoms with Gasteiger partial charge in [-0.25, -0.2) is 0 Å². The second-order valence-electron chi connectivity index (χ2n) is 3.97. The first-order chi connectivity index (χ1) is 8.72. The maximum atomic E-state index is 10.9. The van der Waals surface area contributed by atoms with Crippen molar-refractivity contribution in [3.8, 4) is 6.07 Å². The predicted octanol–water partition coefficient (Wildman–Crippen LogP) is 1.92. The van der Waals surface area contributed by atoms with E-state index in [9.17, 15) is 9.59 Å². The number of thioether (sulfide) groups is 1. The fraction of sp³-hybridized carbons (Fsp3) is 0.308. The second kappa shape index (κ2) is 5.69. The van der Waals surface area contributed by atoms with Gasteiger partial charge in [-0.2, -0.15) is 5.26 Å². The van der Waals surface area contributed by atoms with Crippen molar-refractivity contribution in [2.24, 2.45) is 0 Å². The molecule has 0 N–H and O–H groups in total. The van der Waals surface area contributed by atoms with Crippen molar-refractivity contribution in [2.45, 2.75) is 17.4 Å². The number of nitrogens with zero attached hydrogens (tertiary/aromatic N) is 1. The van der Waals surface area contributed by atoms with E-state index >= 15 is 0 Å². The van der Waals surface area contributed by atoms with Crippen LogP contribution in [0.1, 0.15) is 27.9 Å². The lowest BCUT2D eigenvalue weighted by Crippen LogP contribution is -2.01. The average Bonchev–Trinajstić information content (AvgIpc) is 2.81. The normalized spacial score (nSPS) is 18.2. The zero-order chi connectivity index (χ0) is 13.0. The smallest absolute Gasteiger partial charge is 0.307 e. The molecule has 1 fully saturated rings. The third-order valence-corrected chi connectivity index (χ3v) is 3.95. The molecule has 1 aliphatic heterocycles. The Morgan fingerprint density at radius 3 is 3.00 bits per heavy atom. The van der Waals surface area contributed by atoms with Crippen molar-refractivity contribution in [1.29, 1.82) is 5.26 Å². The van der Waals surface area contributed by atoms with Crippen LogP contribution in [-0.2, 0) is 15.3 Å². The minimum absolute atomic E-state index is 0.151. The SMILES string of the molecule is N#Cc1cc(CSC2COC(=O)C2)ccc1C=O. The van der Waals surface area contributed by atoms with Gasteiger partial charge < -0.3 is 4.74 Å². The Morgan fingerprint density at radius 1 is 1.56 bits per heavy atom. The number of carbonyl (C=O) groups is 2. The fourth-order valence-corrected chi connectivity index (χ4v) is 2.73. The Labute approximate surface area is 109 Å². The number of hydrogen-bond acceptors (Lipinski definition) is 5. The van der Waals surface area contributed by atoms with Crippen LogP contribution >= 0.6 is 11.8 Å². The van der Waals surface area contributed by atoms with Crippen LogP contribution in [0.2, 0.25) is 0 Å². The van der Waals surface area contributed by atoms with Gasteiger partial charge in [0.15, 0.2) is 6.29 Å². The monoisotopic (exact) mass is 261 g/mol. The molecule has 1 aromatic rings. The number of nitriles is 1. The third-order valence-electron chi connectivity index (χ3n) is 2.68. The quantitative estimate of drug-likeness (QED) is 0.612. The van der Waals surface area contributed by atoms with Crippen LogP contribution in [0.5, 0.6) is 0 Å². The summed E-state index contributed by atoms with van der Waals surface area (Å²) in [6.07, 6.45) is 1.13. The van der Waals surface area contributed by atoms with Crippen LogP contribution in [0.3, 0.4) is 0 Å². The number of cyclic esters (lactones) is 1. The molecule has 1 saturated heterocycles. The lowest BCUT2D eigenvalue weighted by Gasteiger charge is -2.06. The molecule has 5 heteroatoms. The van der Waals surface area contributed by atoms with E-state index in [1.807, 2.05) is 12.1 Å². The Bertz CT molecular complexity index is 521. The molecule has 0 spiro atoms. The molecule has 1 aromatic carbocycles. The van der Waals surface area contributed by atoms with Crippen LogP contribution in [0.25, 0.3) is 0 Å². The average molecular weight is 261 g/mol. The van der Waals surface area contributed by atoms with E-state index in [-0.39, 0.29) is 11.2 Å². The number of benzene rings is 1. The van der Waals surface area contributed by atoms with Crippen LogP contribution in [0.4, 0.5) is 0 Å². The van der Waals surface area contributed by atoms with Crippen LogP contribution < -0.4 is 0 Å². The molecule has 0 radical (unpaired) electrons. The van der Waals surface area contributed by atoms with Gasteiger partial charge in [-0.05, 0) is 11.6 Å². The molecule has 1 unspecified atom stereocenters. The summed E-state index contributed by atoms with van der Waals surface area (Å²) in [6.45, 7) is 0.459. The van der Waals surface area contributed by atoms with Crippen LogP contribution in [-0.4, -0.2) is 24.1 Å². The van der Waals surface area contributed by atoms with Crippen molar-refractivity contribution in [3.63, 3.8) is 0 Å². The summed E-state index contributed by atoms with van der Waals surface area (Å²) in [5.41, 5.74) is 1.77. The van der Waals surface area contributed by atoms with E-state index in [0.29, 0.717) is 36.2 Å². The molecule has 1 aliphatic rings. The first-order valence-corrected chi connectivity index (χ1v) is 6.53. The van der Waals surface area contributed by atoms with Crippen molar-refractivity contribution >= 4 is 24.0 Å². The maximum Gasteiger partial charge on any atom is 0.307 e. The van der Waals surface area contributed by atoms with Gasteiger partial charge in [0.05, 0.1) is 18.1 Å². The standard InChI is InChI=1S/C13H11NO3S/c14-5-11-3-9(1-2-10(11)6-15)8-18-12-4-13(16)17-7-12/h1-3,6,12H,4,7-8H2. The topological polar surface area (TPSA) is 67.2 Å². The zero-order valence-electron chi connectivity index (χ0n) is 9.59. The molecule has 18 heavy (non-hydrogen) atoms. The minimum atomic E-state index is -0.151. The van der Waals surface area contributed by atoms with Gasteiger partial charge in [-0.3, -0.25) is 9.59 Å². The first kappa shape index (κ1) is 12.7. The molecular formula is C13H11NO3S. The van der Waals surface area contributed by atoms with Crippen LogP contribution in [0.15, 0.2) is 18.2 Å². The van der Waals surface area contributed by atoms with Gasteiger partial charge in [0.2, 0.25) is 0 Å². The highest BCUT2D eigenvalue weighted by Gasteiger charge is 2.23. The van der Waals surface area contributed by atoms with Crippen LogP contribution in [0, 0.1) is 11.3 Å². The summed E-state index contributed by atoms with van der Waals surface area (Å²) >= 11 is 1.63. The van der Waals surface area contributed by atoms with E-state index in [0.717, 1.165) is 5.56 Å². The van der Waals surface area contributed by atoms with Gasteiger partial charge >= 0.3 is 5.97 Å². The lowest BCUT2D eigenvalue weighted by atomic mass is 10.1. The van der Waals surface area contributed by atoms with E-state index in [2.05, 4.69) is 0 Å². The summed E-state index contributed by atoms with van der Waals surface area (Å²) < 4.78 is 4.88. The molecule has 0 aromatic heterocycles. The Morgan fingerprint density at radius 2 is 2.39 bits per heavy atom. The highest BCUT2D eigenvalue weighted by molar-refractivity contribution is 7.99. The number of rotatable bonds is 4. The number of esters is 1. The lowest BCUT2D eigenvalue weighted by molar-refractivity contribution is -0.137. The second-order valence-corrected chi connectivity index (χ2v) is 5.26. The number of hydrogen-bond donors (Lipinski definition) is 0. The van der Waals surface area contributed by atoms with E-state index in [4.69, 9.17) is 10.00 Å². The van der Waals surface area contributed by atoms with Crippen molar-refractivity contribution in [1.82, 2.24) is 0 Å². The molecule has 0 amide bonds. The summed E-state index contributed by atoms with van der Waals surface area (Å²) in [5.74, 6) is 0.552. The molecule has 1 atom stereocenters. The molecule has 4 nitrogen and oxygen atoms in total. The summed E-state index contributed by atoms with van der Waals surface area (Å²) in [6, 6.07) is 7.20. The number of carbonyl (C=O) groups excluding carboxylic acids is 2. The van der Waals surface area contributed by atoms with Crippen molar-refractivity contribution < 1.29 is 14.3 Å².